The first-order valence-corrected chi connectivity index (χ1v) is 12.1. The summed E-state index contributed by atoms with van der Waals surface area (Å²) in [7, 11) is 4.07. The second kappa shape index (κ2) is 10.8. The van der Waals surface area contributed by atoms with Gasteiger partial charge in [0, 0.05) is 44.0 Å². The number of hydrogen-bond acceptors (Lipinski definition) is 7. The summed E-state index contributed by atoms with van der Waals surface area (Å²) in [6.07, 6.45) is 6.68. The van der Waals surface area contributed by atoms with Gasteiger partial charge < -0.3 is 15.5 Å². The van der Waals surface area contributed by atoms with Crippen molar-refractivity contribution in [1.82, 2.24) is 20.3 Å². The van der Waals surface area contributed by atoms with Crippen LogP contribution in [0.1, 0.15) is 25.7 Å². The highest BCUT2D eigenvalue weighted by atomic mass is 32.2. The van der Waals surface area contributed by atoms with Crippen molar-refractivity contribution in [2.75, 3.05) is 43.2 Å². The Morgan fingerprint density at radius 1 is 1.00 bits per heavy atom. The Kier molecular flexibility index (Phi) is 7.59. The number of pyridine rings is 1. The SMILES string of the molecule is CN(C)c1nc(NC2CCC(CNCCSc3ccccn3)CC2)nc2ccccc12. The molecule has 0 saturated heterocycles. The minimum Gasteiger partial charge on any atom is -0.362 e. The Morgan fingerprint density at radius 2 is 1.81 bits per heavy atom. The molecule has 2 N–H and O–H groups in total. The van der Waals surface area contributed by atoms with Crippen molar-refractivity contribution in [2.24, 2.45) is 5.92 Å². The van der Waals surface area contributed by atoms with Crippen LogP contribution in [-0.2, 0) is 0 Å². The van der Waals surface area contributed by atoms with Gasteiger partial charge in [0.15, 0.2) is 0 Å². The summed E-state index contributed by atoms with van der Waals surface area (Å²) in [4.78, 5) is 16.0. The maximum absolute atomic E-state index is 4.79. The van der Waals surface area contributed by atoms with E-state index in [1.807, 2.05) is 56.3 Å². The highest BCUT2D eigenvalue weighted by molar-refractivity contribution is 7.99. The van der Waals surface area contributed by atoms with Crippen molar-refractivity contribution in [1.29, 1.82) is 0 Å². The molecule has 2 aromatic heterocycles. The van der Waals surface area contributed by atoms with E-state index in [0.717, 1.165) is 52.5 Å². The van der Waals surface area contributed by atoms with E-state index in [4.69, 9.17) is 9.97 Å². The molecule has 0 unspecified atom stereocenters. The van der Waals surface area contributed by atoms with E-state index >= 15 is 0 Å². The normalized spacial score (nSPS) is 18.8. The molecule has 0 aliphatic heterocycles. The second-order valence-corrected chi connectivity index (χ2v) is 9.48. The van der Waals surface area contributed by atoms with Gasteiger partial charge in [-0.2, -0.15) is 4.98 Å². The summed E-state index contributed by atoms with van der Waals surface area (Å²) in [5.41, 5.74) is 0.991. The number of anilines is 2. The molecule has 164 valence electrons. The molecule has 1 aromatic carbocycles. The Bertz CT molecular complexity index is 957. The zero-order chi connectivity index (χ0) is 21.5. The fourth-order valence-corrected chi connectivity index (χ4v) is 4.89. The fourth-order valence-electron chi connectivity index (χ4n) is 4.13. The molecule has 7 heteroatoms. The molecule has 1 fully saturated rings. The number of nitrogens with one attached hydrogen (secondary N) is 2. The average Bonchev–Trinajstić information content (AvgIpc) is 2.80. The van der Waals surface area contributed by atoms with E-state index in [1.54, 1.807) is 0 Å². The van der Waals surface area contributed by atoms with Crippen molar-refractivity contribution in [3.05, 3.63) is 48.7 Å². The van der Waals surface area contributed by atoms with Gasteiger partial charge >= 0.3 is 0 Å². The Balaban J connectivity index is 1.21. The third-order valence-corrected chi connectivity index (χ3v) is 6.73. The van der Waals surface area contributed by atoms with Crippen LogP contribution >= 0.6 is 11.8 Å². The summed E-state index contributed by atoms with van der Waals surface area (Å²) in [5, 5.41) is 9.43. The molecule has 1 aliphatic rings. The lowest BCUT2D eigenvalue weighted by Crippen LogP contribution is -2.32. The van der Waals surface area contributed by atoms with E-state index in [-0.39, 0.29) is 0 Å². The average molecular weight is 437 g/mol. The van der Waals surface area contributed by atoms with E-state index in [2.05, 4.69) is 38.7 Å². The zero-order valence-corrected chi connectivity index (χ0v) is 19.2. The topological polar surface area (TPSA) is 66.0 Å². The van der Waals surface area contributed by atoms with Gasteiger partial charge in [0.2, 0.25) is 5.95 Å². The first-order valence-electron chi connectivity index (χ1n) is 11.1. The number of hydrogen-bond donors (Lipinski definition) is 2. The highest BCUT2D eigenvalue weighted by Crippen LogP contribution is 2.28. The molecule has 0 bridgehead atoms. The maximum Gasteiger partial charge on any atom is 0.225 e. The number of aromatic nitrogens is 3. The molecule has 0 atom stereocenters. The predicted octanol–water partition coefficient (Wildman–Crippen LogP) is 4.44. The zero-order valence-electron chi connectivity index (χ0n) is 18.4. The van der Waals surface area contributed by atoms with Crippen LogP contribution in [0.2, 0.25) is 0 Å². The summed E-state index contributed by atoms with van der Waals surface area (Å²) < 4.78 is 0. The van der Waals surface area contributed by atoms with Crippen LogP contribution in [0.4, 0.5) is 11.8 Å². The van der Waals surface area contributed by atoms with Crippen LogP contribution in [0, 0.1) is 5.92 Å². The molecule has 0 spiro atoms. The Morgan fingerprint density at radius 3 is 2.58 bits per heavy atom. The maximum atomic E-state index is 4.79. The largest absolute Gasteiger partial charge is 0.362 e. The second-order valence-electron chi connectivity index (χ2n) is 8.36. The van der Waals surface area contributed by atoms with Crippen molar-refractivity contribution in [2.45, 2.75) is 36.8 Å². The van der Waals surface area contributed by atoms with Gasteiger partial charge in [-0.1, -0.05) is 18.2 Å². The van der Waals surface area contributed by atoms with Gasteiger partial charge in [-0.25, -0.2) is 9.97 Å². The van der Waals surface area contributed by atoms with Gasteiger partial charge in [-0.3, -0.25) is 0 Å². The minimum absolute atomic E-state index is 0.451. The summed E-state index contributed by atoms with van der Waals surface area (Å²) >= 11 is 1.81. The van der Waals surface area contributed by atoms with Crippen LogP contribution in [0.5, 0.6) is 0 Å². The molecule has 0 amide bonds. The third-order valence-electron chi connectivity index (χ3n) is 5.79. The van der Waals surface area contributed by atoms with Crippen molar-refractivity contribution < 1.29 is 0 Å². The molecular weight excluding hydrogens is 404 g/mol. The summed E-state index contributed by atoms with van der Waals surface area (Å²) in [6, 6.07) is 14.7. The molecule has 1 saturated carbocycles. The van der Waals surface area contributed by atoms with Gasteiger partial charge in [0.25, 0.3) is 0 Å². The van der Waals surface area contributed by atoms with Crippen molar-refractivity contribution in [3.63, 3.8) is 0 Å². The van der Waals surface area contributed by atoms with Crippen LogP contribution in [0.25, 0.3) is 10.9 Å². The van der Waals surface area contributed by atoms with E-state index in [0.29, 0.717) is 6.04 Å². The number of thioether (sulfide) groups is 1. The summed E-state index contributed by atoms with van der Waals surface area (Å²) in [5.74, 6) is 3.53. The standard InChI is InChI=1S/C24H32N6S/c1-30(2)23-20-7-3-4-8-21(20)28-24(29-23)27-19-12-10-18(11-13-19)17-25-15-16-31-22-9-5-6-14-26-22/h3-9,14,18-19,25H,10-13,15-17H2,1-2H3,(H,27,28,29). The molecule has 0 radical (unpaired) electrons. The lowest BCUT2D eigenvalue weighted by Gasteiger charge is -2.29. The number of fused-ring (bicyclic) bond motifs is 1. The molecule has 31 heavy (non-hydrogen) atoms. The van der Waals surface area contributed by atoms with Crippen LogP contribution in [0.3, 0.4) is 0 Å². The molecular formula is C24H32N6S. The summed E-state index contributed by atoms with van der Waals surface area (Å²) in [6.45, 7) is 2.13. The number of nitrogens with zero attached hydrogens (tertiary/aromatic N) is 4. The van der Waals surface area contributed by atoms with E-state index in [1.165, 1.54) is 25.7 Å². The van der Waals surface area contributed by atoms with Gasteiger partial charge in [-0.05, 0) is 62.4 Å². The van der Waals surface area contributed by atoms with Crippen LogP contribution in [-0.4, -0.2) is 53.9 Å². The quantitative estimate of drug-likeness (QED) is 0.380. The first-order chi connectivity index (χ1) is 15.2. The van der Waals surface area contributed by atoms with E-state index in [9.17, 15) is 0 Å². The van der Waals surface area contributed by atoms with Crippen molar-refractivity contribution in [3.8, 4) is 0 Å². The van der Waals surface area contributed by atoms with Gasteiger partial charge in [-0.15, -0.1) is 11.8 Å². The monoisotopic (exact) mass is 436 g/mol. The first kappa shape index (κ1) is 21.8. The Hall–Kier alpha value is -2.38. The third kappa shape index (κ3) is 6.08. The lowest BCUT2D eigenvalue weighted by atomic mass is 9.86. The molecule has 6 nitrogen and oxygen atoms in total. The number of para-hydroxylation sites is 1. The lowest BCUT2D eigenvalue weighted by molar-refractivity contribution is 0.326. The molecule has 2 heterocycles. The van der Waals surface area contributed by atoms with Crippen molar-refractivity contribution >= 4 is 34.4 Å². The van der Waals surface area contributed by atoms with Gasteiger partial charge in [0.05, 0.1) is 10.5 Å². The number of rotatable bonds is 9. The Labute approximate surface area is 189 Å². The number of benzene rings is 1. The molecule has 4 rings (SSSR count). The van der Waals surface area contributed by atoms with Crippen LogP contribution in [0.15, 0.2) is 53.7 Å². The fraction of sp³-hybridized carbons (Fsp3) is 0.458. The van der Waals surface area contributed by atoms with Crippen LogP contribution < -0.4 is 15.5 Å². The predicted molar refractivity (Wildman–Crippen MR) is 131 cm³/mol. The molecule has 3 aromatic rings. The van der Waals surface area contributed by atoms with Gasteiger partial charge in [0.1, 0.15) is 5.82 Å². The smallest absolute Gasteiger partial charge is 0.225 e. The minimum atomic E-state index is 0.451. The highest BCUT2D eigenvalue weighted by Gasteiger charge is 2.22. The van der Waals surface area contributed by atoms with E-state index < -0.39 is 0 Å². The molecule has 1 aliphatic carbocycles.